The fraction of sp³-hybridized carbons (Fsp3) is 0.286. The Kier molecular flexibility index (Phi) is 7.13. The number of benzene rings is 3. The molecule has 2 fully saturated rings. The van der Waals surface area contributed by atoms with Gasteiger partial charge in [-0.05, 0) is 61.4 Å². The summed E-state index contributed by atoms with van der Waals surface area (Å²) in [5.41, 5.74) is 3.69. The number of nitrogens with one attached hydrogen (secondary N) is 2. The standard InChI is InChI=1S/C28H29BrN4O3/c1-36-26-8-3-2-7-25(26)33-15-13-32(14-16-33)24-12-11-22(18-23(24)28(35)30-21-9-10-21)31-27(34)19-5-4-6-20(29)17-19/h2-8,11-12,17-18,21H,9-10,13-16H2,1H3,(H,30,35)(H,31,34). The molecule has 0 aromatic heterocycles. The molecule has 1 heterocycles. The first kappa shape index (κ1) is 24.2. The van der Waals surface area contributed by atoms with E-state index in [-0.39, 0.29) is 17.9 Å². The first-order valence-corrected chi connectivity index (χ1v) is 13.0. The minimum absolute atomic E-state index is 0.0989. The van der Waals surface area contributed by atoms with Gasteiger partial charge in [0.15, 0.2) is 0 Å². The van der Waals surface area contributed by atoms with E-state index in [4.69, 9.17) is 4.74 Å². The Morgan fingerprint density at radius 3 is 2.28 bits per heavy atom. The highest BCUT2D eigenvalue weighted by molar-refractivity contribution is 9.10. The van der Waals surface area contributed by atoms with Crippen LogP contribution in [0, 0.1) is 0 Å². The molecule has 2 aliphatic rings. The van der Waals surface area contributed by atoms with Crippen LogP contribution >= 0.6 is 15.9 Å². The van der Waals surface area contributed by atoms with Crippen LogP contribution in [0.2, 0.25) is 0 Å². The molecule has 0 atom stereocenters. The number of rotatable bonds is 7. The smallest absolute Gasteiger partial charge is 0.255 e. The molecular formula is C28H29BrN4O3. The lowest BCUT2D eigenvalue weighted by Crippen LogP contribution is -2.47. The molecule has 1 aliphatic carbocycles. The molecule has 186 valence electrons. The van der Waals surface area contributed by atoms with Crippen LogP contribution in [0.4, 0.5) is 17.1 Å². The average molecular weight is 549 g/mol. The van der Waals surface area contributed by atoms with Crippen molar-refractivity contribution >= 4 is 44.8 Å². The minimum atomic E-state index is -0.219. The van der Waals surface area contributed by atoms with Crippen LogP contribution in [0.3, 0.4) is 0 Å². The number of carbonyl (C=O) groups excluding carboxylic acids is 2. The zero-order chi connectivity index (χ0) is 25.1. The summed E-state index contributed by atoms with van der Waals surface area (Å²) in [6.07, 6.45) is 2.02. The number of ether oxygens (including phenoxy) is 1. The highest BCUT2D eigenvalue weighted by Gasteiger charge is 2.28. The number of para-hydroxylation sites is 2. The van der Waals surface area contributed by atoms with Crippen molar-refractivity contribution in [3.63, 3.8) is 0 Å². The molecule has 0 unspecified atom stereocenters. The second-order valence-electron chi connectivity index (χ2n) is 9.09. The highest BCUT2D eigenvalue weighted by atomic mass is 79.9. The van der Waals surface area contributed by atoms with Crippen molar-refractivity contribution in [1.82, 2.24) is 5.32 Å². The van der Waals surface area contributed by atoms with E-state index < -0.39 is 0 Å². The number of carbonyl (C=O) groups is 2. The quantitative estimate of drug-likeness (QED) is 0.438. The predicted molar refractivity (Wildman–Crippen MR) is 146 cm³/mol. The third-order valence-corrected chi connectivity index (χ3v) is 7.04. The lowest BCUT2D eigenvalue weighted by molar-refractivity contribution is 0.0950. The third-order valence-electron chi connectivity index (χ3n) is 6.54. The number of amides is 2. The van der Waals surface area contributed by atoms with Crippen molar-refractivity contribution in [3.05, 3.63) is 82.3 Å². The van der Waals surface area contributed by atoms with Crippen molar-refractivity contribution < 1.29 is 14.3 Å². The van der Waals surface area contributed by atoms with Gasteiger partial charge in [0.25, 0.3) is 11.8 Å². The number of halogens is 1. The molecule has 7 nitrogen and oxygen atoms in total. The molecule has 1 aliphatic heterocycles. The summed E-state index contributed by atoms with van der Waals surface area (Å²) in [5.74, 6) is 0.544. The van der Waals surface area contributed by atoms with Gasteiger partial charge in [-0.3, -0.25) is 9.59 Å². The molecule has 2 amide bonds. The maximum atomic E-state index is 13.2. The summed E-state index contributed by atoms with van der Waals surface area (Å²) < 4.78 is 6.38. The number of methoxy groups -OCH3 is 1. The summed E-state index contributed by atoms with van der Waals surface area (Å²) >= 11 is 3.41. The summed E-state index contributed by atoms with van der Waals surface area (Å²) in [5, 5.41) is 6.05. The number of piperazine rings is 1. The lowest BCUT2D eigenvalue weighted by atomic mass is 10.1. The Labute approximate surface area is 219 Å². The van der Waals surface area contributed by atoms with Gasteiger partial charge in [0, 0.05) is 53.6 Å². The van der Waals surface area contributed by atoms with Gasteiger partial charge in [0.1, 0.15) is 5.75 Å². The fourth-order valence-corrected chi connectivity index (χ4v) is 4.87. The van der Waals surface area contributed by atoms with Crippen LogP contribution in [0.25, 0.3) is 0 Å². The normalized spacial score (nSPS) is 15.4. The van der Waals surface area contributed by atoms with Crippen LogP contribution in [-0.4, -0.2) is 51.1 Å². The Bertz CT molecular complexity index is 1270. The summed E-state index contributed by atoms with van der Waals surface area (Å²) in [6, 6.07) is 21.1. The lowest BCUT2D eigenvalue weighted by Gasteiger charge is -2.38. The van der Waals surface area contributed by atoms with Crippen LogP contribution in [0.15, 0.2) is 71.2 Å². The van der Waals surface area contributed by atoms with Crippen LogP contribution in [-0.2, 0) is 0 Å². The molecule has 0 radical (unpaired) electrons. The summed E-state index contributed by atoms with van der Waals surface area (Å²) in [6.45, 7) is 3.16. The van der Waals surface area contributed by atoms with Gasteiger partial charge in [-0.2, -0.15) is 0 Å². The van der Waals surface area contributed by atoms with E-state index in [9.17, 15) is 9.59 Å². The van der Waals surface area contributed by atoms with E-state index in [0.717, 1.165) is 60.6 Å². The molecule has 3 aromatic rings. The zero-order valence-electron chi connectivity index (χ0n) is 20.2. The van der Waals surface area contributed by atoms with Crippen molar-refractivity contribution in [3.8, 4) is 5.75 Å². The number of hydrogen-bond donors (Lipinski definition) is 2. The first-order valence-electron chi connectivity index (χ1n) is 12.2. The fourth-order valence-electron chi connectivity index (χ4n) is 4.47. The Morgan fingerprint density at radius 1 is 0.861 bits per heavy atom. The van der Waals surface area contributed by atoms with Gasteiger partial charge in [-0.15, -0.1) is 0 Å². The molecular weight excluding hydrogens is 520 g/mol. The van der Waals surface area contributed by atoms with Gasteiger partial charge in [0.2, 0.25) is 0 Å². The molecule has 36 heavy (non-hydrogen) atoms. The van der Waals surface area contributed by atoms with E-state index in [1.165, 1.54) is 0 Å². The van der Waals surface area contributed by atoms with Crippen LogP contribution in [0.5, 0.6) is 5.75 Å². The van der Waals surface area contributed by atoms with Gasteiger partial charge < -0.3 is 25.2 Å². The Balaban J connectivity index is 1.35. The van der Waals surface area contributed by atoms with Gasteiger partial charge in [-0.1, -0.05) is 34.1 Å². The third kappa shape index (κ3) is 5.49. The average Bonchev–Trinajstić information content (AvgIpc) is 3.73. The van der Waals surface area contributed by atoms with Crippen molar-refractivity contribution in [2.75, 3.05) is 48.4 Å². The molecule has 2 N–H and O–H groups in total. The van der Waals surface area contributed by atoms with E-state index >= 15 is 0 Å². The number of nitrogens with zero attached hydrogens (tertiary/aromatic N) is 2. The SMILES string of the molecule is COc1ccccc1N1CCN(c2ccc(NC(=O)c3cccc(Br)c3)cc2C(=O)NC2CC2)CC1. The van der Waals surface area contributed by atoms with Crippen molar-refractivity contribution in [1.29, 1.82) is 0 Å². The molecule has 0 bridgehead atoms. The largest absolute Gasteiger partial charge is 0.495 e. The van der Waals surface area contributed by atoms with Gasteiger partial charge >= 0.3 is 0 Å². The van der Waals surface area contributed by atoms with Crippen LogP contribution < -0.4 is 25.2 Å². The van der Waals surface area contributed by atoms with E-state index in [2.05, 4.69) is 42.4 Å². The molecule has 1 saturated carbocycles. The molecule has 5 rings (SSSR count). The number of hydrogen-bond acceptors (Lipinski definition) is 5. The van der Waals surface area contributed by atoms with E-state index in [1.54, 1.807) is 25.3 Å². The topological polar surface area (TPSA) is 73.9 Å². The highest BCUT2D eigenvalue weighted by Crippen LogP contribution is 2.31. The zero-order valence-corrected chi connectivity index (χ0v) is 21.8. The van der Waals surface area contributed by atoms with Crippen molar-refractivity contribution in [2.24, 2.45) is 0 Å². The van der Waals surface area contributed by atoms with Gasteiger partial charge in [0.05, 0.1) is 18.4 Å². The predicted octanol–water partition coefficient (Wildman–Crippen LogP) is 4.93. The number of anilines is 3. The molecule has 0 spiro atoms. The maximum Gasteiger partial charge on any atom is 0.255 e. The summed E-state index contributed by atoms with van der Waals surface area (Å²) in [4.78, 5) is 30.5. The van der Waals surface area contributed by atoms with E-state index in [1.807, 2.05) is 42.5 Å². The molecule has 1 saturated heterocycles. The monoisotopic (exact) mass is 548 g/mol. The molecule has 3 aromatic carbocycles. The molecule has 8 heteroatoms. The second kappa shape index (κ2) is 10.6. The van der Waals surface area contributed by atoms with Gasteiger partial charge in [-0.25, -0.2) is 0 Å². The first-order chi connectivity index (χ1) is 17.5. The minimum Gasteiger partial charge on any atom is -0.495 e. The van der Waals surface area contributed by atoms with Crippen molar-refractivity contribution in [2.45, 2.75) is 18.9 Å². The second-order valence-corrected chi connectivity index (χ2v) is 10.0. The van der Waals surface area contributed by atoms with E-state index in [0.29, 0.717) is 16.8 Å². The maximum absolute atomic E-state index is 13.2. The Hall–Kier alpha value is -3.52. The Morgan fingerprint density at radius 2 is 1.58 bits per heavy atom. The summed E-state index contributed by atoms with van der Waals surface area (Å²) in [7, 11) is 1.69. The van der Waals surface area contributed by atoms with Crippen LogP contribution in [0.1, 0.15) is 33.6 Å².